The number of nitrogens with one attached hydrogen (secondary N) is 2. The number of rotatable bonds is 13. The SMILES string of the molecule is CCCCCCOc1ccc(NCC(=O)Nc2ccc(CCC(=O)N(C)C)cc2)cc1. The van der Waals surface area contributed by atoms with Crippen LogP contribution in [0.5, 0.6) is 5.75 Å². The predicted molar refractivity (Wildman–Crippen MR) is 127 cm³/mol. The largest absolute Gasteiger partial charge is 0.494 e. The first-order chi connectivity index (χ1) is 15.0. The Hall–Kier alpha value is -3.02. The van der Waals surface area contributed by atoms with Gasteiger partial charge in [-0.2, -0.15) is 0 Å². The van der Waals surface area contributed by atoms with Crippen LogP contribution in [0, 0.1) is 0 Å². The van der Waals surface area contributed by atoms with Gasteiger partial charge in [0.05, 0.1) is 13.2 Å². The summed E-state index contributed by atoms with van der Waals surface area (Å²) in [5.41, 5.74) is 2.68. The van der Waals surface area contributed by atoms with Gasteiger partial charge in [-0.25, -0.2) is 0 Å². The summed E-state index contributed by atoms with van der Waals surface area (Å²) in [7, 11) is 3.51. The Balaban J connectivity index is 1.69. The molecule has 0 aliphatic heterocycles. The van der Waals surface area contributed by atoms with Crippen molar-refractivity contribution in [2.45, 2.75) is 45.4 Å². The lowest BCUT2D eigenvalue weighted by molar-refractivity contribution is -0.128. The molecule has 2 aromatic carbocycles. The van der Waals surface area contributed by atoms with E-state index in [1.165, 1.54) is 19.3 Å². The summed E-state index contributed by atoms with van der Waals surface area (Å²) in [6.07, 6.45) is 5.90. The van der Waals surface area contributed by atoms with Crippen molar-refractivity contribution < 1.29 is 14.3 Å². The Morgan fingerprint density at radius 3 is 2.23 bits per heavy atom. The van der Waals surface area contributed by atoms with Crippen LogP contribution in [0.3, 0.4) is 0 Å². The van der Waals surface area contributed by atoms with E-state index in [4.69, 9.17) is 4.74 Å². The van der Waals surface area contributed by atoms with Gasteiger partial charge in [0.15, 0.2) is 0 Å². The lowest BCUT2D eigenvalue weighted by Crippen LogP contribution is -2.22. The highest BCUT2D eigenvalue weighted by Gasteiger charge is 2.06. The molecule has 0 radical (unpaired) electrons. The van der Waals surface area contributed by atoms with E-state index < -0.39 is 0 Å². The monoisotopic (exact) mass is 425 g/mol. The van der Waals surface area contributed by atoms with E-state index in [0.717, 1.165) is 35.7 Å². The fourth-order valence-corrected chi connectivity index (χ4v) is 3.01. The van der Waals surface area contributed by atoms with Crippen LogP contribution < -0.4 is 15.4 Å². The molecule has 0 saturated heterocycles. The zero-order chi connectivity index (χ0) is 22.5. The molecular formula is C25H35N3O3. The zero-order valence-corrected chi connectivity index (χ0v) is 18.9. The van der Waals surface area contributed by atoms with Crippen LogP contribution in [0.25, 0.3) is 0 Å². The molecule has 0 saturated carbocycles. The summed E-state index contributed by atoms with van der Waals surface area (Å²) in [4.78, 5) is 25.5. The molecule has 0 atom stereocenters. The van der Waals surface area contributed by atoms with Gasteiger partial charge in [0.1, 0.15) is 5.75 Å². The second-order valence-electron chi connectivity index (χ2n) is 7.82. The normalized spacial score (nSPS) is 10.4. The second kappa shape index (κ2) is 13.3. The molecule has 2 aromatic rings. The molecule has 0 heterocycles. The highest BCUT2D eigenvalue weighted by Crippen LogP contribution is 2.16. The first-order valence-electron chi connectivity index (χ1n) is 11.0. The van der Waals surface area contributed by atoms with E-state index in [1.54, 1.807) is 19.0 Å². The molecule has 0 aliphatic rings. The summed E-state index contributed by atoms with van der Waals surface area (Å²) in [5.74, 6) is 0.834. The maximum atomic E-state index is 12.2. The molecule has 6 heteroatoms. The van der Waals surface area contributed by atoms with E-state index in [2.05, 4.69) is 17.6 Å². The molecule has 2 N–H and O–H groups in total. The minimum absolute atomic E-state index is 0.107. The van der Waals surface area contributed by atoms with E-state index in [9.17, 15) is 9.59 Å². The fourth-order valence-electron chi connectivity index (χ4n) is 3.01. The highest BCUT2D eigenvalue weighted by molar-refractivity contribution is 5.93. The Morgan fingerprint density at radius 2 is 1.58 bits per heavy atom. The topological polar surface area (TPSA) is 70.7 Å². The number of hydrogen-bond acceptors (Lipinski definition) is 4. The third kappa shape index (κ3) is 9.55. The Labute approximate surface area is 186 Å². The quantitative estimate of drug-likeness (QED) is 0.456. The lowest BCUT2D eigenvalue weighted by atomic mass is 10.1. The molecular weight excluding hydrogens is 390 g/mol. The number of anilines is 2. The second-order valence-corrected chi connectivity index (χ2v) is 7.82. The van der Waals surface area contributed by atoms with Gasteiger partial charge >= 0.3 is 0 Å². The van der Waals surface area contributed by atoms with Crippen molar-refractivity contribution in [3.8, 4) is 5.75 Å². The van der Waals surface area contributed by atoms with Crippen molar-refractivity contribution in [2.24, 2.45) is 0 Å². The first kappa shape index (κ1) is 24.3. The molecule has 31 heavy (non-hydrogen) atoms. The summed E-state index contributed by atoms with van der Waals surface area (Å²) in [5, 5.41) is 6.00. The highest BCUT2D eigenvalue weighted by atomic mass is 16.5. The average molecular weight is 426 g/mol. The van der Waals surface area contributed by atoms with Crippen LogP contribution in [0.15, 0.2) is 48.5 Å². The van der Waals surface area contributed by atoms with Crippen molar-refractivity contribution in [1.29, 1.82) is 0 Å². The molecule has 6 nitrogen and oxygen atoms in total. The maximum Gasteiger partial charge on any atom is 0.243 e. The molecule has 2 rings (SSSR count). The van der Waals surface area contributed by atoms with Crippen molar-refractivity contribution in [3.63, 3.8) is 0 Å². The molecule has 0 aromatic heterocycles. The number of unbranched alkanes of at least 4 members (excludes halogenated alkanes) is 3. The number of ether oxygens (including phenoxy) is 1. The molecule has 0 aliphatic carbocycles. The lowest BCUT2D eigenvalue weighted by Gasteiger charge is -2.11. The molecule has 0 unspecified atom stereocenters. The van der Waals surface area contributed by atoms with E-state index in [0.29, 0.717) is 12.8 Å². The van der Waals surface area contributed by atoms with E-state index >= 15 is 0 Å². The van der Waals surface area contributed by atoms with Gasteiger partial charge in [0, 0.05) is 31.9 Å². The van der Waals surface area contributed by atoms with Crippen LogP contribution in [0.4, 0.5) is 11.4 Å². The molecule has 0 spiro atoms. The Bertz CT molecular complexity index is 802. The minimum atomic E-state index is -0.119. The van der Waals surface area contributed by atoms with Crippen LogP contribution in [0.2, 0.25) is 0 Å². The number of amides is 2. The van der Waals surface area contributed by atoms with Crippen LogP contribution >= 0.6 is 0 Å². The van der Waals surface area contributed by atoms with Crippen molar-refractivity contribution in [3.05, 3.63) is 54.1 Å². The van der Waals surface area contributed by atoms with Crippen LogP contribution in [0.1, 0.15) is 44.6 Å². The summed E-state index contributed by atoms with van der Waals surface area (Å²) >= 11 is 0. The number of carbonyl (C=O) groups excluding carboxylic acids is 2. The van der Waals surface area contributed by atoms with Gasteiger partial charge in [-0.05, 0) is 54.8 Å². The number of benzene rings is 2. The maximum absolute atomic E-state index is 12.2. The van der Waals surface area contributed by atoms with Gasteiger partial charge in [-0.3, -0.25) is 9.59 Å². The predicted octanol–water partition coefficient (Wildman–Crippen LogP) is 4.72. The van der Waals surface area contributed by atoms with Gasteiger partial charge in [0.25, 0.3) is 0 Å². The third-order valence-electron chi connectivity index (χ3n) is 4.94. The summed E-state index contributed by atoms with van der Waals surface area (Å²) in [6, 6.07) is 15.3. The number of aryl methyl sites for hydroxylation is 1. The van der Waals surface area contributed by atoms with Crippen LogP contribution in [-0.2, 0) is 16.0 Å². The fraction of sp³-hybridized carbons (Fsp3) is 0.440. The standard InChI is InChI=1S/C25H35N3O3/c1-4-5-6-7-18-31-23-15-13-21(14-16-23)26-19-24(29)27-22-11-8-20(9-12-22)10-17-25(30)28(2)3/h8-9,11-16,26H,4-7,10,17-19H2,1-3H3,(H,27,29). The minimum Gasteiger partial charge on any atom is -0.494 e. The average Bonchev–Trinajstić information content (AvgIpc) is 2.77. The Morgan fingerprint density at radius 1 is 0.903 bits per heavy atom. The number of nitrogens with zero attached hydrogens (tertiary/aromatic N) is 1. The number of hydrogen-bond donors (Lipinski definition) is 2. The van der Waals surface area contributed by atoms with E-state index in [-0.39, 0.29) is 18.4 Å². The van der Waals surface area contributed by atoms with Gasteiger partial charge in [-0.1, -0.05) is 38.3 Å². The zero-order valence-electron chi connectivity index (χ0n) is 18.9. The van der Waals surface area contributed by atoms with Crippen molar-refractivity contribution >= 4 is 23.2 Å². The first-order valence-corrected chi connectivity index (χ1v) is 11.0. The summed E-state index contributed by atoms with van der Waals surface area (Å²) < 4.78 is 5.74. The molecule has 2 amide bonds. The number of carbonyl (C=O) groups is 2. The smallest absolute Gasteiger partial charge is 0.243 e. The molecule has 0 bridgehead atoms. The molecule has 168 valence electrons. The van der Waals surface area contributed by atoms with Gasteiger partial charge in [0.2, 0.25) is 11.8 Å². The molecule has 0 fully saturated rings. The van der Waals surface area contributed by atoms with Crippen LogP contribution in [-0.4, -0.2) is 44.0 Å². The summed E-state index contributed by atoms with van der Waals surface area (Å²) in [6.45, 7) is 3.11. The Kier molecular flexibility index (Phi) is 10.4. The van der Waals surface area contributed by atoms with Gasteiger partial charge < -0.3 is 20.3 Å². The van der Waals surface area contributed by atoms with Crippen molar-refractivity contribution in [1.82, 2.24) is 4.90 Å². The van der Waals surface area contributed by atoms with Crippen molar-refractivity contribution in [2.75, 3.05) is 37.9 Å². The third-order valence-corrected chi connectivity index (χ3v) is 4.94. The van der Waals surface area contributed by atoms with Gasteiger partial charge in [-0.15, -0.1) is 0 Å². The van der Waals surface area contributed by atoms with E-state index in [1.807, 2.05) is 48.5 Å².